The molecular weight excluding hydrogens is 336 g/mol. The Kier molecular flexibility index (Phi) is 5.83. The molecule has 1 amide bonds. The van der Waals surface area contributed by atoms with Crippen molar-refractivity contribution in [3.63, 3.8) is 0 Å². The summed E-state index contributed by atoms with van der Waals surface area (Å²) >= 11 is 0. The Morgan fingerprint density at radius 3 is 2.42 bits per heavy atom. The van der Waals surface area contributed by atoms with Crippen molar-refractivity contribution in [3.05, 3.63) is 59.7 Å². The van der Waals surface area contributed by atoms with E-state index in [4.69, 9.17) is 0 Å². The van der Waals surface area contributed by atoms with Gasteiger partial charge in [0.25, 0.3) is 0 Å². The number of hydrogen-bond donors (Lipinski definition) is 2. The standard InChI is InChI=1S/C20H23F2N3O/c1-14(15-4-9-18(21)19(22)12-15)23-13-20(26)24-16-5-7-17(8-6-16)25-10-2-3-11-25/h4-9,12,14,23H,2-3,10-11,13H2,1H3,(H,24,26)/t14-/m0/s1. The summed E-state index contributed by atoms with van der Waals surface area (Å²) in [5, 5.41) is 5.85. The van der Waals surface area contributed by atoms with Crippen molar-refractivity contribution < 1.29 is 13.6 Å². The fourth-order valence-electron chi connectivity index (χ4n) is 3.08. The van der Waals surface area contributed by atoms with Gasteiger partial charge in [0.05, 0.1) is 6.54 Å². The maximum Gasteiger partial charge on any atom is 0.238 e. The zero-order chi connectivity index (χ0) is 18.5. The highest BCUT2D eigenvalue weighted by Crippen LogP contribution is 2.22. The van der Waals surface area contributed by atoms with Gasteiger partial charge in [0.2, 0.25) is 5.91 Å². The summed E-state index contributed by atoms with van der Waals surface area (Å²) < 4.78 is 26.3. The fourth-order valence-corrected chi connectivity index (χ4v) is 3.08. The predicted molar refractivity (Wildman–Crippen MR) is 99.3 cm³/mol. The Balaban J connectivity index is 1.49. The second-order valence-corrected chi connectivity index (χ2v) is 6.57. The van der Waals surface area contributed by atoms with Gasteiger partial charge in [0, 0.05) is 30.5 Å². The smallest absolute Gasteiger partial charge is 0.238 e. The van der Waals surface area contributed by atoms with E-state index in [2.05, 4.69) is 15.5 Å². The third-order valence-corrected chi connectivity index (χ3v) is 4.63. The average Bonchev–Trinajstić information content (AvgIpc) is 3.17. The number of amides is 1. The van der Waals surface area contributed by atoms with Gasteiger partial charge in [-0.2, -0.15) is 0 Å². The third kappa shape index (κ3) is 4.58. The van der Waals surface area contributed by atoms with Crippen LogP contribution in [0.2, 0.25) is 0 Å². The van der Waals surface area contributed by atoms with Gasteiger partial charge in [-0.3, -0.25) is 4.79 Å². The largest absolute Gasteiger partial charge is 0.372 e. The van der Waals surface area contributed by atoms with Crippen LogP contribution in [0.25, 0.3) is 0 Å². The molecule has 0 aromatic heterocycles. The van der Waals surface area contributed by atoms with Crippen molar-refractivity contribution in [1.82, 2.24) is 5.32 Å². The fraction of sp³-hybridized carbons (Fsp3) is 0.350. The molecule has 6 heteroatoms. The summed E-state index contributed by atoms with van der Waals surface area (Å²) in [6.45, 7) is 4.04. The number of carbonyl (C=O) groups is 1. The normalized spacial score (nSPS) is 15.1. The Hall–Kier alpha value is -2.47. The van der Waals surface area contributed by atoms with Crippen LogP contribution in [0.15, 0.2) is 42.5 Å². The maximum absolute atomic E-state index is 13.3. The lowest BCUT2D eigenvalue weighted by Gasteiger charge is -2.18. The molecule has 0 saturated carbocycles. The molecular formula is C20H23F2N3O. The minimum absolute atomic E-state index is 0.0774. The van der Waals surface area contributed by atoms with Crippen molar-refractivity contribution in [2.45, 2.75) is 25.8 Å². The lowest BCUT2D eigenvalue weighted by atomic mass is 10.1. The molecule has 0 aliphatic carbocycles. The first kappa shape index (κ1) is 18.3. The number of hydrogen-bond acceptors (Lipinski definition) is 3. The van der Waals surface area contributed by atoms with Crippen LogP contribution in [0.4, 0.5) is 20.2 Å². The number of halogens is 2. The average molecular weight is 359 g/mol. The summed E-state index contributed by atoms with van der Waals surface area (Å²) in [6, 6.07) is 11.3. The van der Waals surface area contributed by atoms with Gasteiger partial charge in [0.1, 0.15) is 0 Å². The number of carbonyl (C=O) groups excluding carboxylic acids is 1. The van der Waals surface area contributed by atoms with E-state index >= 15 is 0 Å². The highest BCUT2D eigenvalue weighted by Gasteiger charge is 2.13. The summed E-state index contributed by atoms with van der Waals surface area (Å²) in [7, 11) is 0. The second kappa shape index (κ2) is 8.27. The molecule has 2 aromatic rings. The zero-order valence-electron chi connectivity index (χ0n) is 14.8. The molecule has 2 aromatic carbocycles. The van der Waals surface area contributed by atoms with Crippen molar-refractivity contribution in [1.29, 1.82) is 0 Å². The van der Waals surface area contributed by atoms with E-state index in [1.807, 2.05) is 24.3 Å². The van der Waals surface area contributed by atoms with Crippen molar-refractivity contribution in [3.8, 4) is 0 Å². The lowest BCUT2D eigenvalue weighted by molar-refractivity contribution is -0.115. The van der Waals surface area contributed by atoms with Crippen LogP contribution in [0.1, 0.15) is 31.4 Å². The summed E-state index contributed by atoms with van der Waals surface area (Å²) in [4.78, 5) is 14.4. The topological polar surface area (TPSA) is 44.4 Å². The van der Waals surface area contributed by atoms with E-state index in [-0.39, 0.29) is 18.5 Å². The molecule has 1 atom stereocenters. The quantitative estimate of drug-likeness (QED) is 0.823. The Morgan fingerprint density at radius 1 is 1.08 bits per heavy atom. The molecule has 0 unspecified atom stereocenters. The third-order valence-electron chi connectivity index (χ3n) is 4.63. The highest BCUT2D eigenvalue weighted by atomic mass is 19.2. The van der Waals surface area contributed by atoms with E-state index in [1.165, 1.54) is 24.6 Å². The number of anilines is 2. The van der Waals surface area contributed by atoms with E-state index in [1.54, 1.807) is 6.92 Å². The molecule has 4 nitrogen and oxygen atoms in total. The molecule has 1 heterocycles. The molecule has 2 N–H and O–H groups in total. The predicted octanol–water partition coefficient (Wildman–Crippen LogP) is 3.85. The monoisotopic (exact) mass is 359 g/mol. The van der Waals surface area contributed by atoms with Crippen LogP contribution in [0.5, 0.6) is 0 Å². The van der Waals surface area contributed by atoms with Crippen molar-refractivity contribution in [2.24, 2.45) is 0 Å². The molecule has 26 heavy (non-hydrogen) atoms. The van der Waals surface area contributed by atoms with Gasteiger partial charge in [-0.05, 0) is 61.7 Å². The molecule has 0 radical (unpaired) electrons. The van der Waals surface area contributed by atoms with Crippen LogP contribution in [0.3, 0.4) is 0 Å². The first-order valence-corrected chi connectivity index (χ1v) is 8.86. The van der Waals surface area contributed by atoms with Crippen LogP contribution in [-0.4, -0.2) is 25.5 Å². The van der Waals surface area contributed by atoms with Crippen LogP contribution < -0.4 is 15.5 Å². The molecule has 0 bridgehead atoms. The number of benzene rings is 2. The summed E-state index contributed by atoms with van der Waals surface area (Å²) in [5.74, 6) is -1.96. The second-order valence-electron chi connectivity index (χ2n) is 6.57. The first-order chi connectivity index (χ1) is 12.5. The maximum atomic E-state index is 13.3. The van der Waals surface area contributed by atoms with Crippen LogP contribution in [0, 0.1) is 11.6 Å². The van der Waals surface area contributed by atoms with Gasteiger partial charge in [-0.1, -0.05) is 6.07 Å². The Morgan fingerprint density at radius 2 is 1.77 bits per heavy atom. The molecule has 1 fully saturated rings. The molecule has 3 rings (SSSR count). The van der Waals surface area contributed by atoms with Crippen LogP contribution >= 0.6 is 0 Å². The minimum atomic E-state index is -0.890. The van der Waals surface area contributed by atoms with Crippen LogP contribution in [-0.2, 0) is 4.79 Å². The number of nitrogens with one attached hydrogen (secondary N) is 2. The molecule has 1 aliphatic rings. The first-order valence-electron chi connectivity index (χ1n) is 8.86. The minimum Gasteiger partial charge on any atom is -0.372 e. The number of nitrogens with zero attached hydrogens (tertiary/aromatic N) is 1. The van der Waals surface area contributed by atoms with Gasteiger partial charge in [-0.25, -0.2) is 8.78 Å². The van der Waals surface area contributed by atoms with E-state index in [0.29, 0.717) is 5.56 Å². The Labute approximate surface area is 152 Å². The molecule has 138 valence electrons. The van der Waals surface area contributed by atoms with E-state index in [0.717, 1.165) is 30.9 Å². The molecule has 1 aliphatic heterocycles. The number of rotatable bonds is 6. The van der Waals surface area contributed by atoms with Crippen molar-refractivity contribution >= 4 is 17.3 Å². The highest BCUT2D eigenvalue weighted by molar-refractivity contribution is 5.92. The van der Waals surface area contributed by atoms with Gasteiger partial charge >= 0.3 is 0 Å². The van der Waals surface area contributed by atoms with Gasteiger partial charge < -0.3 is 15.5 Å². The Bertz CT molecular complexity index is 758. The van der Waals surface area contributed by atoms with Gasteiger partial charge in [0.15, 0.2) is 11.6 Å². The van der Waals surface area contributed by atoms with E-state index < -0.39 is 11.6 Å². The SMILES string of the molecule is C[C@H](NCC(=O)Nc1ccc(N2CCCC2)cc1)c1ccc(F)c(F)c1. The molecule has 1 saturated heterocycles. The van der Waals surface area contributed by atoms with Gasteiger partial charge in [-0.15, -0.1) is 0 Å². The van der Waals surface area contributed by atoms with E-state index in [9.17, 15) is 13.6 Å². The zero-order valence-corrected chi connectivity index (χ0v) is 14.8. The summed E-state index contributed by atoms with van der Waals surface area (Å²) in [5.41, 5.74) is 2.50. The lowest BCUT2D eigenvalue weighted by Crippen LogP contribution is -2.30. The van der Waals surface area contributed by atoms with Crippen molar-refractivity contribution in [2.75, 3.05) is 29.9 Å². The summed E-state index contributed by atoms with van der Waals surface area (Å²) in [6.07, 6.45) is 2.45. The molecule has 0 spiro atoms.